The highest BCUT2D eigenvalue weighted by Gasteiger charge is 2.39. The van der Waals surface area contributed by atoms with Crippen molar-refractivity contribution in [3.63, 3.8) is 0 Å². The minimum Gasteiger partial charge on any atom is -0.451 e. The van der Waals surface area contributed by atoms with E-state index in [9.17, 15) is 9.59 Å². The number of amides is 1. The van der Waals surface area contributed by atoms with Crippen LogP contribution in [0, 0.1) is 0 Å². The lowest BCUT2D eigenvalue weighted by Crippen LogP contribution is -2.59. The maximum Gasteiger partial charge on any atom is 0.287 e. The van der Waals surface area contributed by atoms with E-state index < -0.39 is 0 Å². The third-order valence-corrected chi connectivity index (χ3v) is 5.89. The van der Waals surface area contributed by atoms with Gasteiger partial charge in [-0.3, -0.25) is 14.5 Å². The van der Waals surface area contributed by atoms with Gasteiger partial charge in [0, 0.05) is 31.4 Å². The molecule has 1 aromatic carbocycles. The maximum absolute atomic E-state index is 12.7. The van der Waals surface area contributed by atoms with Gasteiger partial charge in [-0.15, -0.1) is 0 Å². The van der Waals surface area contributed by atoms with E-state index >= 15 is 0 Å². The van der Waals surface area contributed by atoms with Crippen LogP contribution in [0.2, 0.25) is 0 Å². The molecule has 2 aromatic rings. The highest BCUT2D eigenvalue weighted by molar-refractivity contribution is 5.93. The van der Waals surface area contributed by atoms with E-state index in [-0.39, 0.29) is 22.6 Å². The molecule has 4 rings (SSSR count). The number of benzene rings is 1. The Balaban J connectivity index is 1.52. The van der Waals surface area contributed by atoms with Crippen LogP contribution in [0.1, 0.15) is 42.7 Å². The van der Waals surface area contributed by atoms with Crippen molar-refractivity contribution in [1.29, 1.82) is 0 Å². The number of ether oxygens (including phenoxy) is 1. The number of rotatable bonds is 4. The molecule has 1 aromatic heterocycles. The molecule has 2 aliphatic heterocycles. The number of nitrogens with one attached hydrogen (secondary N) is 1. The molecule has 144 valence electrons. The van der Waals surface area contributed by atoms with Crippen LogP contribution in [0.4, 0.5) is 0 Å². The quantitative estimate of drug-likeness (QED) is 0.896. The lowest BCUT2D eigenvalue weighted by Gasteiger charge is -2.48. The van der Waals surface area contributed by atoms with Crippen molar-refractivity contribution in [2.45, 2.75) is 37.6 Å². The van der Waals surface area contributed by atoms with Crippen LogP contribution in [-0.2, 0) is 4.74 Å². The summed E-state index contributed by atoms with van der Waals surface area (Å²) in [7, 11) is 0. The molecule has 2 saturated heterocycles. The van der Waals surface area contributed by atoms with E-state index in [1.165, 1.54) is 25.3 Å². The average Bonchev–Trinajstić information content (AvgIpc) is 2.73. The van der Waals surface area contributed by atoms with E-state index in [0.717, 1.165) is 39.1 Å². The van der Waals surface area contributed by atoms with E-state index in [1.807, 2.05) is 0 Å². The Labute approximate surface area is 158 Å². The monoisotopic (exact) mass is 370 g/mol. The molecule has 3 heterocycles. The molecule has 2 fully saturated rings. The Hall–Kier alpha value is -2.18. The Morgan fingerprint density at radius 1 is 1.11 bits per heavy atom. The number of para-hydroxylation sites is 1. The minimum atomic E-state index is -0.333. The number of nitrogens with zero attached hydrogens (tertiary/aromatic N) is 1. The molecule has 2 aliphatic rings. The molecular formula is C21H26N2O4. The molecule has 0 atom stereocenters. The molecular weight excluding hydrogens is 344 g/mol. The minimum absolute atomic E-state index is 0.0640. The summed E-state index contributed by atoms with van der Waals surface area (Å²) >= 11 is 0. The van der Waals surface area contributed by atoms with Crippen LogP contribution >= 0.6 is 0 Å². The first-order chi connectivity index (χ1) is 13.2. The van der Waals surface area contributed by atoms with Crippen molar-refractivity contribution < 1.29 is 13.9 Å². The van der Waals surface area contributed by atoms with E-state index in [1.54, 1.807) is 24.3 Å². The second-order valence-electron chi connectivity index (χ2n) is 7.54. The van der Waals surface area contributed by atoms with Crippen molar-refractivity contribution >= 4 is 16.9 Å². The normalized spacial score (nSPS) is 20.4. The van der Waals surface area contributed by atoms with E-state index in [4.69, 9.17) is 9.15 Å². The highest BCUT2D eigenvalue weighted by atomic mass is 16.5. The fraction of sp³-hybridized carbons (Fsp3) is 0.524. The first kappa shape index (κ1) is 18.2. The topological polar surface area (TPSA) is 71.8 Å². The first-order valence-corrected chi connectivity index (χ1v) is 9.82. The maximum atomic E-state index is 12.7. The summed E-state index contributed by atoms with van der Waals surface area (Å²) in [5, 5.41) is 3.52. The van der Waals surface area contributed by atoms with Gasteiger partial charge in [-0.2, -0.15) is 0 Å². The average molecular weight is 370 g/mol. The van der Waals surface area contributed by atoms with Crippen molar-refractivity contribution in [3.8, 4) is 0 Å². The summed E-state index contributed by atoms with van der Waals surface area (Å²) in [4.78, 5) is 27.5. The van der Waals surface area contributed by atoms with Gasteiger partial charge in [0.05, 0.1) is 5.39 Å². The largest absolute Gasteiger partial charge is 0.451 e. The summed E-state index contributed by atoms with van der Waals surface area (Å²) < 4.78 is 11.2. The molecule has 0 saturated carbocycles. The fourth-order valence-corrected chi connectivity index (χ4v) is 4.27. The van der Waals surface area contributed by atoms with Crippen LogP contribution in [-0.4, -0.2) is 49.2 Å². The lowest BCUT2D eigenvalue weighted by molar-refractivity contribution is -0.0349. The van der Waals surface area contributed by atoms with E-state index in [0.29, 0.717) is 17.5 Å². The van der Waals surface area contributed by atoms with Crippen LogP contribution in [0.3, 0.4) is 0 Å². The summed E-state index contributed by atoms with van der Waals surface area (Å²) in [6.45, 7) is 4.13. The Kier molecular flexibility index (Phi) is 5.27. The van der Waals surface area contributed by atoms with Gasteiger partial charge in [-0.25, -0.2) is 0 Å². The van der Waals surface area contributed by atoms with Gasteiger partial charge >= 0.3 is 0 Å². The first-order valence-electron chi connectivity index (χ1n) is 9.82. The molecule has 6 heteroatoms. The van der Waals surface area contributed by atoms with Gasteiger partial charge in [-0.1, -0.05) is 18.6 Å². The Bertz CT molecular complexity index is 864. The fourth-order valence-electron chi connectivity index (χ4n) is 4.27. The SMILES string of the molecule is O=C(NCC1(N2CCCCC2)CCOCC1)c1cc(=O)c2ccccc2o1. The zero-order valence-corrected chi connectivity index (χ0v) is 15.5. The van der Waals surface area contributed by atoms with Gasteiger partial charge in [0.15, 0.2) is 11.2 Å². The molecule has 1 N–H and O–H groups in total. The Morgan fingerprint density at radius 2 is 1.85 bits per heavy atom. The smallest absolute Gasteiger partial charge is 0.287 e. The molecule has 0 bridgehead atoms. The van der Waals surface area contributed by atoms with Crippen molar-refractivity contribution in [1.82, 2.24) is 10.2 Å². The zero-order chi connectivity index (χ0) is 18.7. The molecule has 27 heavy (non-hydrogen) atoms. The van der Waals surface area contributed by atoms with Crippen LogP contribution < -0.4 is 10.7 Å². The van der Waals surface area contributed by atoms with Crippen LogP contribution in [0.15, 0.2) is 39.5 Å². The van der Waals surface area contributed by atoms with Gasteiger partial charge in [0.2, 0.25) is 0 Å². The summed E-state index contributed by atoms with van der Waals surface area (Å²) in [6, 6.07) is 8.28. The summed E-state index contributed by atoms with van der Waals surface area (Å²) in [5.74, 6) is -0.264. The third-order valence-electron chi connectivity index (χ3n) is 5.89. The second-order valence-corrected chi connectivity index (χ2v) is 7.54. The van der Waals surface area contributed by atoms with Crippen LogP contribution in [0.5, 0.6) is 0 Å². The second kappa shape index (κ2) is 7.82. The number of carbonyl (C=O) groups excluding carboxylic acids is 1. The van der Waals surface area contributed by atoms with Crippen LogP contribution in [0.25, 0.3) is 11.0 Å². The predicted octanol–water partition coefficient (Wildman–Crippen LogP) is 2.56. The number of carbonyl (C=O) groups is 1. The van der Waals surface area contributed by atoms with Crippen molar-refractivity contribution in [2.75, 3.05) is 32.8 Å². The van der Waals surface area contributed by atoms with Gasteiger partial charge in [0.25, 0.3) is 5.91 Å². The summed E-state index contributed by atoms with van der Waals surface area (Å²) in [6.07, 6.45) is 5.51. The van der Waals surface area contributed by atoms with Crippen molar-refractivity contribution in [3.05, 3.63) is 46.3 Å². The highest BCUT2D eigenvalue weighted by Crippen LogP contribution is 2.30. The molecule has 0 unspecified atom stereocenters. The number of hydrogen-bond donors (Lipinski definition) is 1. The van der Waals surface area contributed by atoms with Crippen molar-refractivity contribution in [2.24, 2.45) is 0 Å². The predicted molar refractivity (Wildman–Crippen MR) is 103 cm³/mol. The van der Waals surface area contributed by atoms with Gasteiger partial charge < -0.3 is 14.5 Å². The molecule has 0 radical (unpaired) electrons. The van der Waals surface area contributed by atoms with Gasteiger partial charge in [-0.05, 0) is 50.9 Å². The molecule has 1 amide bonds. The summed E-state index contributed by atoms with van der Waals surface area (Å²) in [5.41, 5.74) is 0.177. The van der Waals surface area contributed by atoms with Gasteiger partial charge in [0.1, 0.15) is 5.58 Å². The van der Waals surface area contributed by atoms with E-state index in [2.05, 4.69) is 10.2 Å². The molecule has 0 aliphatic carbocycles. The standard InChI is InChI=1S/C21H26N2O4/c24-17-14-19(27-18-7-3-2-6-16(17)18)20(25)22-15-21(8-12-26-13-9-21)23-10-4-1-5-11-23/h2-3,6-7,14H,1,4-5,8-13,15H2,(H,22,25). The Morgan fingerprint density at radius 3 is 2.63 bits per heavy atom. The zero-order valence-electron chi connectivity index (χ0n) is 15.5. The number of fused-ring (bicyclic) bond motifs is 1. The molecule has 0 spiro atoms. The number of hydrogen-bond acceptors (Lipinski definition) is 5. The third kappa shape index (κ3) is 3.77. The molecule has 6 nitrogen and oxygen atoms in total. The lowest BCUT2D eigenvalue weighted by atomic mass is 9.86. The number of likely N-dealkylation sites (tertiary alicyclic amines) is 1. The number of piperidine rings is 1.